The minimum atomic E-state index is -1.10. The molecular weight excluding hydrogens is 434 g/mol. The van der Waals surface area contributed by atoms with Gasteiger partial charge in [0.05, 0.1) is 13.7 Å². The molecule has 0 saturated heterocycles. The van der Waals surface area contributed by atoms with Crippen molar-refractivity contribution in [2.24, 2.45) is 0 Å². The summed E-state index contributed by atoms with van der Waals surface area (Å²) in [7, 11) is 1.43. The van der Waals surface area contributed by atoms with Gasteiger partial charge in [-0.25, -0.2) is 4.79 Å². The molecule has 3 aromatic rings. The van der Waals surface area contributed by atoms with E-state index < -0.39 is 11.7 Å². The molecule has 7 heteroatoms. The Balaban J connectivity index is 1.35. The highest BCUT2D eigenvalue weighted by Crippen LogP contribution is 2.33. The molecule has 4 rings (SSSR count). The summed E-state index contributed by atoms with van der Waals surface area (Å²) in [4.78, 5) is 11.6. The van der Waals surface area contributed by atoms with Crippen molar-refractivity contribution in [2.45, 2.75) is 25.7 Å². The van der Waals surface area contributed by atoms with Crippen LogP contribution < -0.4 is 19.5 Å². The predicted molar refractivity (Wildman–Crippen MR) is 127 cm³/mol. The number of allylic oxidation sites excluding steroid dienone is 1. The smallest absolute Gasteiger partial charge is 0.343 e. The molecule has 34 heavy (non-hydrogen) atoms. The number of ether oxygens (including phenoxy) is 4. The molecule has 2 N–H and O–H groups in total. The number of carboxylic acid groups (broad SMARTS) is 1. The van der Waals surface area contributed by atoms with Crippen LogP contribution in [0.3, 0.4) is 0 Å². The Bertz CT molecular complexity index is 1160. The molecule has 0 bridgehead atoms. The lowest BCUT2D eigenvalue weighted by Gasteiger charge is -2.30. The van der Waals surface area contributed by atoms with E-state index in [1.54, 1.807) is 18.2 Å². The van der Waals surface area contributed by atoms with Crippen LogP contribution in [0.1, 0.15) is 34.8 Å². The predicted octanol–water partition coefficient (Wildman–Crippen LogP) is 5.08. The Morgan fingerprint density at radius 2 is 1.71 bits per heavy atom. The quantitative estimate of drug-likeness (QED) is 0.436. The van der Waals surface area contributed by atoms with E-state index in [1.165, 1.54) is 7.11 Å². The van der Waals surface area contributed by atoms with Gasteiger partial charge < -0.3 is 29.4 Å². The first kappa shape index (κ1) is 23.0. The molecule has 1 aliphatic heterocycles. The van der Waals surface area contributed by atoms with Crippen LogP contribution in [-0.2, 0) is 17.1 Å². The number of aromatic carboxylic acids is 1. The number of hydrogen-bond donors (Lipinski definition) is 2. The molecule has 7 nitrogen and oxygen atoms in total. The van der Waals surface area contributed by atoms with Crippen LogP contribution in [0.25, 0.3) is 0 Å². The van der Waals surface area contributed by atoms with E-state index in [9.17, 15) is 9.90 Å². The van der Waals surface area contributed by atoms with E-state index in [-0.39, 0.29) is 23.7 Å². The van der Waals surface area contributed by atoms with Crippen molar-refractivity contribution in [3.8, 4) is 17.2 Å². The number of hydrogen-bond acceptors (Lipinski definition) is 6. The number of carbonyl (C=O) groups is 1. The van der Waals surface area contributed by atoms with Crippen molar-refractivity contribution in [2.75, 3.05) is 13.7 Å². The molecule has 0 aliphatic carbocycles. The molecule has 0 fully saturated rings. The zero-order chi connectivity index (χ0) is 24.0. The Morgan fingerprint density at radius 1 is 0.971 bits per heavy atom. The van der Waals surface area contributed by atoms with Crippen LogP contribution in [0.2, 0.25) is 0 Å². The summed E-state index contributed by atoms with van der Waals surface area (Å²) in [5.41, 5.74) is 1.28. The number of nitrogens with one attached hydrogen (secondary N) is 1. The third-order valence-electron chi connectivity index (χ3n) is 5.55. The van der Waals surface area contributed by atoms with Gasteiger partial charge in [0.25, 0.3) is 0 Å². The second-order valence-corrected chi connectivity index (χ2v) is 7.86. The monoisotopic (exact) mass is 461 g/mol. The molecule has 0 radical (unpaired) electrons. The lowest BCUT2D eigenvalue weighted by molar-refractivity contribution is -0.0140. The van der Waals surface area contributed by atoms with Gasteiger partial charge in [-0.05, 0) is 36.8 Å². The van der Waals surface area contributed by atoms with Crippen molar-refractivity contribution in [1.29, 1.82) is 0 Å². The highest BCUT2D eigenvalue weighted by Gasteiger charge is 2.37. The number of rotatable bonds is 10. The fourth-order valence-electron chi connectivity index (χ4n) is 3.84. The van der Waals surface area contributed by atoms with Gasteiger partial charge in [-0.2, -0.15) is 0 Å². The van der Waals surface area contributed by atoms with E-state index in [2.05, 4.69) is 5.32 Å². The van der Waals surface area contributed by atoms with E-state index in [0.717, 1.165) is 22.6 Å². The molecule has 0 amide bonds. The first-order chi connectivity index (χ1) is 16.5. The largest absolute Gasteiger partial charge is 0.496 e. The summed E-state index contributed by atoms with van der Waals surface area (Å²) in [5.74, 6) is 0.965. The van der Waals surface area contributed by atoms with Crippen LogP contribution >= 0.6 is 0 Å². The molecule has 0 aromatic heterocycles. The molecule has 176 valence electrons. The van der Waals surface area contributed by atoms with Gasteiger partial charge in [-0.3, -0.25) is 0 Å². The minimum absolute atomic E-state index is 0.00441. The van der Waals surface area contributed by atoms with Gasteiger partial charge in [-0.1, -0.05) is 48.5 Å². The first-order valence-corrected chi connectivity index (χ1v) is 10.9. The minimum Gasteiger partial charge on any atom is -0.496 e. The standard InChI is InChI=1S/C27H27NO6/c1-19-17-28-27(34-19,21-7-4-3-5-8-21)15-16-32-22-13-11-20(12-14-22)18-33-24-10-6-9-23(31-2)25(24)26(29)30/h3-14,17,28H,15-16,18H2,1-2H3,(H,29,30). The number of methoxy groups -OCH3 is 1. The third kappa shape index (κ3) is 5.09. The summed E-state index contributed by atoms with van der Waals surface area (Å²) < 4.78 is 23.0. The lowest BCUT2D eigenvalue weighted by atomic mass is 10.00. The van der Waals surface area contributed by atoms with Gasteiger partial charge in [-0.15, -0.1) is 0 Å². The average Bonchev–Trinajstić information content (AvgIpc) is 3.25. The van der Waals surface area contributed by atoms with Crippen molar-refractivity contribution < 1.29 is 28.8 Å². The van der Waals surface area contributed by atoms with Crippen molar-refractivity contribution >= 4 is 5.97 Å². The molecule has 0 saturated carbocycles. The first-order valence-electron chi connectivity index (χ1n) is 10.9. The van der Waals surface area contributed by atoms with Gasteiger partial charge >= 0.3 is 5.97 Å². The van der Waals surface area contributed by atoms with Crippen LogP contribution in [0.5, 0.6) is 17.2 Å². The Labute approximate surface area is 198 Å². The molecule has 1 heterocycles. The topological polar surface area (TPSA) is 86.3 Å². The fraction of sp³-hybridized carbons (Fsp3) is 0.222. The molecule has 1 unspecified atom stereocenters. The molecule has 0 spiro atoms. The summed E-state index contributed by atoms with van der Waals surface area (Å²) in [6.45, 7) is 2.59. The van der Waals surface area contributed by atoms with Crippen LogP contribution in [-0.4, -0.2) is 24.8 Å². The summed E-state index contributed by atoms with van der Waals surface area (Å²) in [5, 5.41) is 12.8. The second-order valence-electron chi connectivity index (χ2n) is 7.86. The highest BCUT2D eigenvalue weighted by atomic mass is 16.5. The SMILES string of the molecule is COc1cccc(OCc2ccc(OCCC3(c4ccccc4)NC=C(C)O3)cc2)c1C(=O)O. The van der Waals surface area contributed by atoms with E-state index >= 15 is 0 Å². The van der Waals surface area contributed by atoms with Crippen LogP contribution in [0, 0.1) is 0 Å². The maximum Gasteiger partial charge on any atom is 0.343 e. The van der Waals surface area contributed by atoms with Crippen LogP contribution in [0.4, 0.5) is 0 Å². The van der Waals surface area contributed by atoms with E-state index in [1.807, 2.05) is 67.7 Å². The molecule has 3 aromatic carbocycles. The van der Waals surface area contributed by atoms with Gasteiger partial charge in [0, 0.05) is 18.2 Å². The summed E-state index contributed by atoms with van der Waals surface area (Å²) in [6, 6.07) is 22.4. The Morgan fingerprint density at radius 3 is 2.35 bits per heavy atom. The van der Waals surface area contributed by atoms with E-state index in [4.69, 9.17) is 18.9 Å². The average molecular weight is 462 g/mol. The fourth-order valence-corrected chi connectivity index (χ4v) is 3.84. The number of benzene rings is 3. The Hall–Kier alpha value is -4.13. The number of carboxylic acids is 1. The van der Waals surface area contributed by atoms with Crippen LogP contribution in [0.15, 0.2) is 84.8 Å². The zero-order valence-electron chi connectivity index (χ0n) is 19.1. The van der Waals surface area contributed by atoms with Gasteiger partial charge in [0.15, 0.2) is 0 Å². The van der Waals surface area contributed by atoms with Crippen molar-refractivity contribution in [3.05, 3.63) is 101 Å². The third-order valence-corrected chi connectivity index (χ3v) is 5.55. The van der Waals surface area contributed by atoms with Crippen molar-refractivity contribution in [3.63, 3.8) is 0 Å². The molecule has 1 atom stereocenters. The maximum absolute atomic E-state index is 11.6. The van der Waals surface area contributed by atoms with Crippen molar-refractivity contribution in [1.82, 2.24) is 5.32 Å². The zero-order valence-corrected chi connectivity index (χ0v) is 19.1. The van der Waals surface area contributed by atoms with Gasteiger partial charge in [0.2, 0.25) is 5.72 Å². The summed E-state index contributed by atoms with van der Waals surface area (Å²) >= 11 is 0. The highest BCUT2D eigenvalue weighted by molar-refractivity contribution is 5.94. The maximum atomic E-state index is 11.6. The normalized spacial score (nSPS) is 16.7. The molecular formula is C27H27NO6. The lowest BCUT2D eigenvalue weighted by Crippen LogP contribution is -2.39. The van der Waals surface area contributed by atoms with E-state index in [0.29, 0.717) is 13.0 Å². The van der Waals surface area contributed by atoms with Gasteiger partial charge in [0.1, 0.15) is 35.2 Å². The molecule has 1 aliphatic rings. The second kappa shape index (κ2) is 10.2. The Kier molecular flexibility index (Phi) is 6.92. The summed E-state index contributed by atoms with van der Waals surface area (Å²) in [6.07, 6.45) is 2.49.